The number of hydrogen-bond acceptors (Lipinski definition) is 2. The number of nitrogens with one attached hydrogen (secondary N) is 1. The van der Waals surface area contributed by atoms with Crippen molar-refractivity contribution in [2.45, 2.75) is 18.9 Å². The Morgan fingerprint density at radius 1 is 1.54 bits per heavy atom. The molecule has 0 bridgehead atoms. The normalized spacial score (nSPS) is 31.5. The summed E-state index contributed by atoms with van der Waals surface area (Å²) in [4.78, 5) is 10.7. The van der Waals surface area contributed by atoms with Gasteiger partial charge in [0.25, 0.3) is 0 Å². The molecule has 0 aromatic rings. The van der Waals surface area contributed by atoms with Crippen LogP contribution in [0.1, 0.15) is 12.8 Å². The molecule has 0 saturated carbocycles. The van der Waals surface area contributed by atoms with Gasteiger partial charge < -0.3 is 10.1 Å². The van der Waals surface area contributed by atoms with Crippen molar-refractivity contribution in [1.29, 1.82) is 0 Å². The van der Waals surface area contributed by atoms with Crippen LogP contribution < -0.4 is 5.32 Å². The highest BCUT2D eigenvalue weighted by Crippen LogP contribution is 2.19. The largest absolute Gasteiger partial charge is 0.447 e. The van der Waals surface area contributed by atoms with Gasteiger partial charge in [0.15, 0.2) is 0 Å². The van der Waals surface area contributed by atoms with Gasteiger partial charge in [0, 0.05) is 0 Å². The molecule has 1 aliphatic carbocycles. The number of amides is 1. The number of allylic oxidation sites excluding steroid dienone is 4. The van der Waals surface area contributed by atoms with Crippen LogP contribution in [0.3, 0.4) is 0 Å². The van der Waals surface area contributed by atoms with E-state index in [1.165, 1.54) is 0 Å². The fourth-order valence-electron chi connectivity index (χ4n) is 1.73. The second kappa shape index (κ2) is 3.64. The first-order chi connectivity index (χ1) is 6.34. The maximum absolute atomic E-state index is 10.7. The molecule has 0 spiro atoms. The second-order valence-electron chi connectivity index (χ2n) is 3.48. The van der Waals surface area contributed by atoms with Crippen molar-refractivity contribution in [2.24, 2.45) is 5.92 Å². The minimum absolute atomic E-state index is 0.202. The first-order valence-corrected chi connectivity index (χ1v) is 4.61. The van der Waals surface area contributed by atoms with E-state index in [4.69, 9.17) is 4.74 Å². The minimum Gasteiger partial charge on any atom is -0.447 e. The van der Waals surface area contributed by atoms with Crippen LogP contribution >= 0.6 is 0 Å². The van der Waals surface area contributed by atoms with Crippen LogP contribution in [0.25, 0.3) is 0 Å². The van der Waals surface area contributed by atoms with Crippen molar-refractivity contribution < 1.29 is 9.53 Å². The van der Waals surface area contributed by atoms with Gasteiger partial charge in [-0.05, 0) is 18.8 Å². The smallest absolute Gasteiger partial charge is 0.407 e. The average Bonchev–Trinajstić information content (AvgIpc) is 2.53. The van der Waals surface area contributed by atoms with Crippen molar-refractivity contribution in [2.75, 3.05) is 6.61 Å². The van der Waals surface area contributed by atoms with Gasteiger partial charge in [-0.15, -0.1) is 0 Å². The Balaban J connectivity index is 1.81. The lowest BCUT2D eigenvalue weighted by Crippen LogP contribution is -2.28. The van der Waals surface area contributed by atoms with Crippen LogP contribution in [-0.4, -0.2) is 18.7 Å². The summed E-state index contributed by atoms with van der Waals surface area (Å²) in [5.41, 5.74) is 0. The first-order valence-electron chi connectivity index (χ1n) is 4.61. The maximum atomic E-state index is 10.7. The van der Waals surface area contributed by atoms with Gasteiger partial charge in [0.05, 0.1) is 6.04 Å². The molecule has 0 aromatic heterocycles. The van der Waals surface area contributed by atoms with Crippen LogP contribution in [0.5, 0.6) is 0 Å². The standard InChI is InChI=1S/C10H13NO2/c12-10-11-9(7-13-10)6-8-4-2-1-3-5-8/h1-4,8-9H,5-7H2,(H,11,12)/t8?,9-/m1/s1. The number of alkyl carbamates (subject to hydrolysis) is 1. The van der Waals surface area contributed by atoms with E-state index in [9.17, 15) is 4.79 Å². The third-order valence-corrected chi connectivity index (χ3v) is 2.39. The van der Waals surface area contributed by atoms with Gasteiger partial charge in [-0.25, -0.2) is 4.79 Å². The van der Waals surface area contributed by atoms with E-state index >= 15 is 0 Å². The third-order valence-electron chi connectivity index (χ3n) is 2.39. The molecule has 2 atom stereocenters. The Bertz CT molecular complexity index is 258. The quantitative estimate of drug-likeness (QED) is 0.699. The highest BCUT2D eigenvalue weighted by molar-refractivity contribution is 5.69. The molecule has 70 valence electrons. The van der Waals surface area contributed by atoms with Crippen LogP contribution in [0.15, 0.2) is 24.3 Å². The van der Waals surface area contributed by atoms with Crippen molar-refractivity contribution in [3.05, 3.63) is 24.3 Å². The van der Waals surface area contributed by atoms with Crippen LogP contribution in [0, 0.1) is 5.92 Å². The van der Waals surface area contributed by atoms with E-state index in [0.717, 1.165) is 12.8 Å². The average molecular weight is 179 g/mol. The van der Waals surface area contributed by atoms with Crippen LogP contribution in [0.4, 0.5) is 4.79 Å². The van der Waals surface area contributed by atoms with E-state index in [0.29, 0.717) is 12.5 Å². The Hall–Kier alpha value is -1.25. The van der Waals surface area contributed by atoms with Gasteiger partial charge in [-0.2, -0.15) is 0 Å². The monoisotopic (exact) mass is 179 g/mol. The molecule has 1 aliphatic heterocycles. The summed E-state index contributed by atoms with van der Waals surface area (Å²) in [6, 6.07) is 0.202. The third kappa shape index (κ3) is 2.11. The van der Waals surface area contributed by atoms with E-state index in [2.05, 4.69) is 29.6 Å². The highest BCUT2D eigenvalue weighted by Gasteiger charge is 2.24. The summed E-state index contributed by atoms with van der Waals surface area (Å²) < 4.78 is 4.81. The lowest BCUT2D eigenvalue weighted by Gasteiger charge is -2.15. The van der Waals surface area contributed by atoms with Crippen molar-refractivity contribution in [3.8, 4) is 0 Å². The Morgan fingerprint density at radius 2 is 2.46 bits per heavy atom. The molecule has 1 amide bonds. The van der Waals surface area contributed by atoms with Crippen LogP contribution in [-0.2, 0) is 4.74 Å². The number of cyclic esters (lactones) is 1. The number of carbonyl (C=O) groups excluding carboxylic acids is 1. The SMILES string of the molecule is O=C1N[C@H](CC2C=CC=CC2)CO1. The molecular formula is C10H13NO2. The molecule has 3 nitrogen and oxygen atoms in total. The molecule has 1 heterocycles. The summed E-state index contributed by atoms with van der Waals surface area (Å²) in [6.45, 7) is 0.521. The second-order valence-corrected chi connectivity index (χ2v) is 3.48. The zero-order valence-corrected chi connectivity index (χ0v) is 7.40. The molecule has 2 aliphatic rings. The lowest BCUT2D eigenvalue weighted by molar-refractivity contribution is 0.176. The van der Waals surface area contributed by atoms with Gasteiger partial charge in [0.2, 0.25) is 0 Å². The van der Waals surface area contributed by atoms with E-state index in [1.807, 2.05) is 0 Å². The van der Waals surface area contributed by atoms with E-state index in [1.54, 1.807) is 0 Å². The zero-order chi connectivity index (χ0) is 9.10. The molecule has 13 heavy (non-hydrogen) atoms. The molecule has 3 heteroatoms. The molecule has 0 aromatic carbocycles. The molecule has 1 N–H and O–H groups in total. The number of carbonyl (C=O) groups is 1. The van der Waals surface area contributed by atoms with Gasteiger partial charge in [-0.1, -0.05) is 24.3 Å². The summed E-state index contributed by atoms with van der Waals surface area (Å²) in [7, 11) is 0. The minimum atomic E-state index is -0.277. The zero-order valence-electron chi connectivity index (χ0n) is 7.40. The van der Waals surface area contributed by atoms with Gasteiger partial charge >= 0.3 is 6.09 Å². The Kier molecular flexibility index (Phi) is 2.34. The van der Waals surface area contributed by atoms with Gasteiger partial charge in [0.1, 0.15) is 6.61 Å². The maximum Gasteiger partial charge on any atom is 0.407 e. The molecular weight excluding hydrogens is 166 g/mol. The van der Waals surface area contributed by atoms with Crippen molar-refractivity contribution >= 4 is 6.09 Å². The number of hydrogen-bond donors (Lipinski definition) is 1. The predicted octanol–water partition coefficient (Wildman–Crippen LogP) is 1.62. The summed E-state index contributed by atoms with van der Waals surface area (Å²) in [5.74, 6) is 0.553. The Morgan fingerprint density at radius 3 is 3.08 bits per heavy atom. The highest BCUT2D eigenvalue weighted by atomic mass is 16.6. The summed E-state index contributed by atoms with van der Waals surface area (Å²) in [6.07, 6.45) is 10.2. The lowest BCUT2D eigenvalue weighted by atomic mass is 9.94. The first kappa shape index (κ1) is 8.35. The molecule has 1 fully saturated rings. The predicted molar refractivity (Wildman–Crippen MR) is 49.3 cm³/mol. The van der Waals surface area contributed by atoms with Crippen molar-refractivity contribution in [1.82, 2.24) is 5.32 Å². The fourth-order valence-corrected chi connectivity index (χ4v) is 1.73. The topological polar surface area (TPSA) is 38.3 Å². The number of rotatable bonds is 2. The van der Waals surface area contributed by atoms with Crippen LogP contribution in [0.2, 0.25) is 0 Å². The summed E-state index contributed by atoms with van der Waals surface area (Å²) >= 11 is 0. The van der Waals surface area contributed by atoms with Crippen molar-refractivity contribution in [3.63, 3.8) is 0 Å². The summed E-state index contributed by atoms with van der Waals surface area (Å²) in [5, 5.41) is 2.78. The molecule has 1 saturated heterocycles. The molecule has 2 rings (SSSR count). The fraction of sp³-hybridized carbons (Fsp3) is 0.500. The van der Waals surface area contributed by atoms with E-state index in [-0.39, 0.29) is 12.1 Å². The number of ether oxygens (including phenoxy) is 1. The Labute approximate surface area is 77.5 Å². The molecule has 1 unspecified atom stereocenters. The molecule has 0 radical (unpaired) electrons. The van der Waals surface area contributed by atoms with Gasteiger partial charge in [-0.3, -0.25) is 0 Å². The van der Waals surface area contributed by atoms with E-state index < -0.39 is 0 Å².